The number of anilines is 1. The number of nitrogens with two attached hydrogens (primary N) is 1. The molecule has 1 saturated heterocycles. The van der Waals surface area contributed by atoms with Crippen LogP contribution in [0, 0.1) is 0 Å². The van der Waals surface area contributed by atoms with Crippen LogP contribution in [0.3, 0.4) is 0 Å². The second-order valence-corrected chi connectivity index (χ2v) is 10.1. The Hall–Kier alpha value is -3.90. The van der Waals surface area contributed by atoms with Gasteiger partial charge in [-0.25, -0.2) is 4.98 Å². The van der Waals surface area contributed by atoms with Crippen molar-refractivity contribution in [2.24, 2.45) is 0 Å². The summed E-state index contributed by atoms with van der Waals surface area (Å²) in [5.41, 5.74) is 11.6. The topological polar surface area (TPSA) is 88.7 Å². The number of pyridine rings is 1. The van der Waals surface area contributed by atoms with Crippen LogP contribution in [0.1, 0.15) is 54.5 Å². The smallest absolute Gasteiger partial charge is 0.307 e. The number of piperidine rings is 1. The van der Waals surface area contributed by atoms with Gasteiger partial charge in [-0.1, -0.05) is 55.0 Å². The van der Waals surface area contributed by atoms with E-state index in [1.165, 1.54) is 30.4 Å². The van der Waals surface area contributed by atoms with Crippen LogP contribution < -0.4 is 10.5 Å². The van der Waals surface area contributed by atoms with Crippen molar-refractivity contribution in [2.45, 2.75) is 44.2 Å². The molecule has 1 aromatic heterocycles. The fourth-order valence-corrected chi connectivity index (χ4v) is 6.03. The second kappa shape index (κ2) is 9.87. The first-order chi connectivity index (χ1) is 18.1. The van der Waals surface area contributed by atoms with Crippen LogP contribution in [0.25, 0.3) is 21.9 Å². The van der Waals surface area contributed by atoms with Crippen LogP contribution in [-0.4, -0.2) is 34.0 Å². The number of aliphatic carboxylic acids is 1. The first-order valence-corrected chi connectivity index (χ1v) is 13.1. The number of hydrogen-bond acceptors (Lipinski definition) is 5. The average Bonchev–Trinajstić information content (AvgIpc) is 3.27. The van der Waals surface area contributed by atoms with Crippen molar-refractivity contribution < 1.29 is 14.6 Å². The summed E-state index contributed by atoms with van der Waals surface area (Å²) in [5.74, 6) is 0.317. The highest BCUT2D eigenvalue weighted by molar-refractivity contribution is 6.01. The highest BCUT2D eigenvalue weighted by Gasteiger charge is 2.37. The van der Waals surface area contributed by atoms with Gasteiger partial charge in [-0.3, -0.25) is 9.69 Å². The van der Waals surface area contributed by atoms with E-state index < -0.39 is 5.97 Å². The Kier molecular flexibility index (Phi) is 6.26. The third-order valence-electron chi connectivity index (χ3n) is 7.79. The highest BCUT2D eigenvalue weighted by atomic mass is 16.5. The number of carboxylic acids is 1. The molecular formula is C31H31N3O3. The fraction of sp³-hybridized carbons (Fsp3) is 0.290. The molecule has 6 heteroatoms. The molecule has 3 N–H and O–H groups in total. The van der Waals surface area contributed by atoms with E-state index in [2.05, 4.69) is 34.1 Å². The minimum absolute atomic E-state index is 0.0587. The third kappa shape index (κ3) is 4.53. The highest BCUT2D eigenvalue weighted by Crippen LogP contribution is 2.47. The Labute approximate surface area is 216 Å². The van der Waals surface area contributed by atoms with Gasteiger partial charge in [0.25, 0.3) is 0 Å². The summed E-state index contributed by atoms with van der Waals surface area (Å²) in [6, 6.07) is 22.7. The van der Waals surface area contributed by atoms with Crippen molar-refractivity contribution in [3.05, 3.63) is 89.6 Å². The van der Waals surface area contributed by atoms with Crippen LogP contribution in [0.5, 0.6) is 5.75 Å². The fourth-order valence-electron chi connectivity index (χ4n) is 6.03. The first kappa shape index (κ1) is 23.5. The van der Waals surface area contributed by atoms with E-state index in [4.69, 9.17) is 10.5 Å². The first-order valence-electron chi connectivity index (χ1n) is 13.1. The maximum Gasteiger partial charge on any atom is 0.307 e. The zero-order valence-corrected chi connectivity index (χ0v) is 20.8. The standard InChI is InChI=1S/C31H31N3O3/c32-31-25-9-6-8-22(23(25)13-14-33-31)20-11-12-24-26(17-20)29(19-27(24)34-15-4-1-5-16-34)37-28-10-3-2-7-21(28)18-30(35)36/h2-3,6-14,17,27,29H,1,4-5,15-16,18-19H2,(H2,32,33)(H,35,36). The molecule has 6 nitrogen and oxygen atoms in total. The molecule has 0 saturated carbocycles. The lowest BCUT2D eigenvalue weighted by Gasteiger charge is -2.33. The molecule has 3 aromatic carbocycles. The molecule has 0 bridgehead atoms. The van der Waals surface area contributed by atoms with E-state index in [9.17, 15) is 9.90 Å². The quantitative estimate of drug-likeness (QED) is 0.334. The van der Waals surface area contributed by atoms with Crippen molar-refractivity contribution in [2.75, 3.05) is 18.8 Å². The SMILES string of the molecule is Nc1nccc2c(-c3ccc4c(c3)C(Oc3ccccc3CC(=O)O)CC4N3CCCCC3)cccc12. The summed E-state index contributed by atoms with van der Waals surface area (Å²) in [5, 5.41) is 11.4. The molecule has 2 atom stereocenters. The molecule has 4 aromatic rings. The number of likely N-dealkylation sites (tertiary alicyclic amines) is 1. The predicted octanol–water partition coefficient (Wildman–Crippen LogP) is 6.16. The number of benzene rings is 3. The zero-order valence-electron chi connectivity index (χ0n) is 20.8. The Bertz CT molecular complexity index is 1460. The lowest BCUT2D eigenvalue weighted by atomic mass is 9.95. The average molecular weight is 494 g/mol. The lowest BCUT2D eigenvalue weighted by Crippen LogP contribution is -2.32. The Morgan fingerprint density at radius 1 is 0.973 bits per heavy atom. The van der Waals surface area contributed by atoms with E-state index in [-0.39, 0.29) is 12.5 Å². The molecule has 37 heavy (non-hydrogen) atoms. The van der Waals surface area contributed by atoms with Gasteiger partial charge in [0.2, 0.25) is 0 Å². The lowest BCUT2D eigenvalue weighted by molar-refractivity contribution is -0.136. The number of rotatable bonds is 6. The number of nitrogen functional groups attached to an aromatic ring is 1. The minimum atomic E-state index is -0.860. The Morgan fingerprint density at radius 2 is 1.81 bits per heavy atom. The molecule has 0 radical (unpaired) electrons. The van der Waals surface area contributed by atoms with E-state index >= 15 is 0 Å². The summed E-state index contributed by atoms with van der Waals surface area (Å²) < 4.78 is 6.63. The molecule has 188 valence electrons. The number of fused-ring (bicyclic) bond motifs is 2. The second-order valence-electron chi connectivity index (χ2n) is 10.1. The van der Waals surface area contributed by atoms with Gasteiger partial charge in [-0.2, -0.15) is 0 Å². The Morgan fingerprint density at radius 3 is 2.65 bits per heavy atom. The molecule has 2 aliphatic rings. The van der Waals surface area contributed by atoms with Gasteiger partial charge in [0, 0.05) is 29.6 Å². The van der Waals surface area contributed by atoms with Crippen molar-refractivity contribution in [3.63, 3.8) is 0 Å². The van der Waals surface area contributed by atoms with Gasteiger partial charge in [0.15, 0.2) is 0 Å². The van der Waals surface area contributed by atoms with Gasteiger partial charge in [0.05, 0.1) is 6.42 Å². The van der Waals surface area contributed by atoms with E-state index in [0.29, 0.717) is 23.2 Å². The van der Waals surface area contributed by atoms with Gasteiger partial charge >= 0.3 is 5.97 Å². The van der Waals surface area contributed by atoms with Gasteiger partial charge in [-0.05, 0) is 71.8 Å². The zero-order chi connectivity index (χ0) is 25.4. The number of nitrogens with zero attached hydrogens (tertiary/aromatic N) is 2. The van der Waals surface area contributed by atoms with E-state index in [1.807, 2.05) is 42.5 Å². The molecule has 0 amide bonds. The van der Waals surface area contributed by atoms with Gasteiger partial charge < -0.3 is 15.6 Å². The molecule has 2 unspecified atom stereocenters. The number of carbonyl (C=O) groups is 1. The van der Waals surface area contributed by atoms with Gasteiger partial charge in [-0.15, -0.1) is 0 Å². The summed E-state index contributed by atoms with van der Waals surface area (Å²) in [6.07, 6.45) is 6.13. The van der Waals surface area contributed by atoms with Crippen molar-refractivity contribution in [3.8, 4) is 16.9 Å². The van der Waals surface area contributed by atoms with E-state index in [1.54, 1.807) is 6.20 Å². The maximum atomic E-state index is 11.5. The number of carboxylic acid groups (broad SMARTS) is 1. The molecule has 1 fully saturated rings. The Balaban J connectivity index is 1.42. The normalized spacial score (nSPS) is 19.6. The van der Waals surface area contributed by atoms with E-state index in [0.717, 1.165) is 41.4 Å². The summed E-state index contributed by atoms with van der Waals surface area (Å²) in [4.78, 5) is 18.3. The molecule has 2 heterocycles. The molecule has 0 spiro atoms. The van der Waals surface area contributed by atoms with Crippen molar-refractivity contribution in [1.82, 2.24) is 9.88 Å². The summed E-state index contributed by atoms with van der Waals surface area (Å²) in [6.45, 7) is 2.20. The minimum Gasteiger partial charge on any atom is -0.485 e. The van der Waals surface area contributed by atoms with Crippen molar-refractivity contribution in [1.29, 1.82) is 0 Å². The van der Waals surface area contributed by atoms with Crippen molar-refractivity contribution >= 4 is 22.6 Å². The van der Waals surface area contributed by atoms with Crippen LogP contribution in [0.4, 0.5) is 5.82 Å². The number of hydrogen-bond donors (Lipinski definition) is 2. The van der Waals surface area contributed by atoms with Crippen LogP contribution in [-0.2, 0) is 11.2 Å². The monoisotopic (exact) mass is 493 g/mol. The van der Waals surface area contributed by atoms with Crippen LogP contribution in [0.15, 0.2) is 72.9 Å². The van der Waals surface area contributed by atoms with Crippen LogP contribution >= 0.6 is 0 Å². The third-order valence-corrected chi connectivity index (χ3v) is 7.79. The summed E-state index contributed by atoms with van der Waals surface area (Å²) in [7, 11) is 0. The largest absolute Gasteiger partial charge is 0.485 e. The van der Waals surface area contributed by atoms with Crippen LogP contribution in [0.2, 0.25) is 0 Å². The molecule has 1 aliphatic heterocycles. The maximum absolute atomic E-state index is 11.5. The molecule has 1 aliphatic carbocycles. The summed E-state index contributed by atoms with van der Waals surface area (Å²) >= 11 is 0. The van der Waals surface area contributed by atoms with Gasteiger partial charge in [0.1, 0.15) is 17.7 Å². The number of ether oxygens (including phenoxy) is 1. The molecule has 6 rings (SSSR count). The number of para-hydroxylation sites is 1. The molecular weight excluding hydrogens is 462 g/mol. The predicted molar refractivity (Wildman–Crippen MR) is 146 cm³/mol. The number of aromatic nitrogens is 1.